The lowest BCUT2D eigenvalue weighted by Gasteiger charge is -2.49. The lowest BCUT2D eigenvalue weighted by molar-refractivity contribution is -0.877. The summed E-state index contributed by atoms with van der Waals surface area (Å²) < 4.78 is -0.494. The van der Waals surface area contributed by atoms with Gasteiger partial charge in [0.25, 0.3) is 5.91 Å². The second-order valence-corrected chi connectivity index (χ2v) is 14.8. The van der Waals surface area contributed by atoms with Crippen LogP contribution in [-0.2, 0) is 14.4 Å². The first-order valence-electron chi connectivity index (χ1n) is 12.1. The molecule has 2 aromatic rings. The molecule has 1 saturated heterocycles. The molecule has 1 aliphatic heterocycles. The molecule has 188 valence electrons. The first kappa shape index (κ1) is 26.6. The van der Waals surface area contributed by atoms with Crippen molar-refractivity contribution in [3.05, 3.63) is 59.8 Å². The quantitative estimate of drug-likeness (QED) is 0.261. The third-order valence-electron chi connectivity index (χ3n) is 6.99. The van der Waals surface area contributed by atoms with Crippen LogP contribution in [-0.4, -0.2) is 55.2 Å². The predicted molar refractivity (Wildman–Crippen MR) is 140 cm³/mol. The second-order valence-electron chi connectivity index (χ2n) is 9.95. The molecule has 35 heavy (non-hydrogen) atoms. The number of aliphatic carboxylic acids is 1. The monoisotopic (exact) mass is 497 g/mol. The summed E-state index contributed by atoms with van der Waals surface area (Å²) in [6, 6.07) is 17.2. The number of rotatable bonds is 10. The Bertz CT molecular complexity index is 1020. The number of hydrogen-bond acceptors (Lipinski definition) is 4. The maximum atomic E-state index is 13.2. The summed E-state index contributed by atoms with van der Waals surface area (Å²) in [5.41, 5.74) is 1.64. The number of amides is 2. The zero-order valence-electron chi connectivity index (χ0n) is 20.5. The molecule has 2 amide bonds. The van der Waals surface area contributed by atoms with Gasteiger partial charge in [-0.25, -0.2) is 0 Å². The SMILES string of the molecule is C[Si](C)(c1ccccc1)C1CC[N+]([O-])(CC(=O)Nc2ccc(NC(=O)CCCC(=O)O)cc2)CC1. The molecule has 0 spiro atoms. The van der Waals surface area contributed by atoms with Gasteiger partial charge in [0.15, 0.2) is 6.54 Å². The summed E-state index contributed by atoms with van der Waals surface area (Å²) in [6.45, 7) is 5.53. The zero-order valence-corrected chi connectivity index (χ0v) is 21.5. The third-order valence-corrected chi connectivity index (χ3v) is 11.4. The van der Waals surface area contributed by atoms with Crippen molar-refractivity contribution in [2.45, 2.75) is 50.7 Å². The van der Waals surface area contributed by atoms with Gasteiger partial charge in [-0.3, -0.25) is 14.4 Å². The van der Waals surface area contributed by atoms with Crippen molar-refractivity contribution in [3.63, 3.8) is 0 Å². The topological polar surface area (TPSA) is 119 Å². The van der Waals surface area contributed by atoms with Crippen LogP contribution in [0.15, 0.2) is 54.6 Å². The Morgan fingerprint density at radius 3 is 2.00 bits per heavy atom. The fraction of sp³-hybridized carbons (Fsp3) is 0.423. The van der Waals surface area contributed by atoms with Crippen molar-refractivity contribution in [2.75, 3.05) is 30.3 Å². The van der Waals surface area contributed by atoms with Gasteiger partial charge in [-0.1, -0.05) is 48.6 Å². The lowest BCUT2D eigenvalue weighted by atomic mass is 10.1. The van der Waals surface area contributed by atoms with Crippen molar-refractivity contribution in [1.82, 2.24) is 0 Å². The van der Waals surface area contributed by atoms with Crippen molar-refractivity contribution in [3.8, 4) is 0 Å². The van der Waals surface area contributed by atoms with Gasteiger partial charge in [-0.2, -0.15) is 0 Å². The van der Waals surface area contributed by atoms with Crippen LogP contribution >= 0.6 is 0 Å². The Morgan fingerprint density at radius 2 is 1.46 bits per heavy atom. The first-order valence-corrected chi connectivity index (χ1v) is 15.2. The molecule has 3 N–H and O–H groups in total. The highest BCUT2D eigenvalue weighted by atomic mass is 28.3. The Morgan fingerprint density at radius 1 is 0.914 bits per heavy atom. The van der Waals surface area contributed by atoms with Gasteiger partial charge in [0.2, 0.25) is 5.91 Å². The van der Waals surface area contributed by atoms with E-state index < -0.39 is 18.7 Å². The van der Waals surface area contributed by atoms with Crippen molar-refractivity contribution < 1.29 is 24.1 Å². The van der Waals surface area contributed by atoms with E-state index in [1.165, 1.54) is 5.19 Å². The Hall–Kier alpha value is -3.01. The van der Waals surface area contributed by atoms with Crippen LogP contribution in [0.5, 0.6) is 0 Å². The summed E-state index contributed by atoms with van der Waals surface area (Å²) in [6.07, 6.45) is 2.03. The van der Waals surface area contributed by atoms with E-state index in [4.69, 9.17) is 5.11 Å². The minimum Gasteiger partial charge on any atom is -0.632 e. The summed E-state index contributed by atoms with van der Waals surface area (Å²) in [5.74, 6) is -1.51. The molecule has 0 aromatic heterocycles. The largest absolute Gasteiger partial charge is 0.632 e. The van der Waals surface area contributed by atoms with Crippen LogP contribution in [0.25, 0.3) is 0 Å². The van der Waals surface area contributed by atoms with Gasteiger partial charge < -0.3 is 25.6 Å². The van der Waals surface area contributed by atoms with Gasteiger partial charge in [0, 0.05) is 24.2 Å². The summed E-state index contributed by atoms with van der Waals surface area (Å²) in [7, 11) is -1.68. The normalized spacial score (nSPS) is 20.1. The lowest BCUT2D eigenvalue weighted by Crippen LogP contribution is -2.56. The molecule has 0 radical (unpaired) electrons. The van der Waals surface area contributed by atoms with Gasteiger partial charge in [-0.15, -0.1) is 0 Å². The first-order chi connectivity index (χ1) is 16.6. The van der Waals surface area contributed by atoms with E-state index >= 15 is 0 Å². The molecule has 2 aromatic carbocycles. The van der Waals surface area contributed by atoms with Crippen molar-refractivity contribution in [1.29, 1.82) is 0 Å². The second kappa shape index (κ2) is 11.6. The number of likely N-dealkylation sites (tertiary alicyclic amines) is 1. The van der Waals surface area contributed by atoms with Crippen LogP contribution < -0.4 is 15.8 Å². The van der Waals surface area contributed by atoms with E-state index in [0.29, 0.717) is 30.0 Å². The molecule has 1 aliphatic rings. The number of carbonyl (C=O) groups is 3. The molecule has 0 bridgehead atoms. The number of piperidine rings is 1. The molecule has 9 heteroatoms. The molecule has 3 rings (SSSR count). The molecular weight excluding hydrogens is 462 g/mol. The van der Waals surface area contributed by atoms with Crippen molar-refractivity contribution in [2.24, 2.45) is 0 Å². The number of carboxylic acids is 1. The number of hydroxylamine groups is 3. The van der Waals surface area contributed by atoms with Crippen LogP contribution in [0, 0.1) is 5.21 Å². The molecule has 0 atom stereocenters. The number of carboxylic acid groups (broad SMARTS) is 1. The highest BCUT2D eigenvalue weighted by Crippen LogP contribution is 2.35. The van der Waals surface area contributed by atoms with Crippen LogP contribution in [0.2, 0.25) is 18.6 Å². The highest BCUT2D eigenvalue weighted by Gasteiger charge is 2.39. The van der Waals surface area contributed by atoms with Crippen LogP contribution in [0.1, 0.15) is 32.1 Å². The number of nitrogens with zero attached hydrogens (tertiary/aromatic N) is 1. The molecular formula is C26H35N3O5Si. The van der Waals surface area contributed by atoms with E-state index in [1.807, 2.05) is 6.07 Å². The fourth-order valence-corrected chi connectivity index (χ4v) is 7.97. The maximum absolute atomic E-state index is 13.2. The summed E-state index contributed by atoms with van der Waals surface area (Å²) in [4.78, 5) is 35.0. The van der Waals surface area contributed by atoms with Gasteiger partial charge in [0.1, 0.15) is 0 Å². The number of carbonyl (C=O) groups excluding carboxylic acids is 2. The predicted octanol–water partition coefficient (Wildman–Crippen LogP) is 3.91. The third kappa shape index (κ3) is 7.74. The number of benzene rings is 2. The smallest absolute Gasteiger partial charge is 0.303 e. The average Bonchev–Trinajstić information content (AvgIpc) is 2.80. The van der Waals surface area contributed by atoms with E-state index in [1.54, 1.807) is 24.3 Å². The maximum Gasteiger partial charge on any atom is 0.303 e. The molecule has 1 heterocycles. The average molecular weight is 498 g/mol. The minimum atomic E-state index is -1.68. The number of anilines is 2. The van der Waals surface area contributed by atoms with Gasteiger partial charge >= 0.3 is 5.97 Å². The van der Waals surface area contributed by atoms with Crippen LogP contribution in [0.4, 0.5) is 11.4 Å². The Labute approximate surface area is 207 Å². The van der Waals surface area contributed by atoms with E-state index in [9.17, 15) is 19.6 Å². The van der Waals surface area contributed by atoms with E-state index in [0.717, 1.165) is 12.8 Å². The number of hydrogen-bond donors (Lipinski definition) is 3. The standard InChI is InChI=1S/C26H35N3O5Si/c1-35(2,22-7-4-3-5-8-22)23-15-17-29(34,18-16-23)19-25(31)28-21-13-11-20(12-14-21)27-24(30)9-6-10-26(32)33/h3-5,7-8,11-14,23H,6,9-10,15-19H2,1-2H3,(H,27,30)(H,28,31)(H,32,33). The van der Waals surface area contributed by atoms with Crippen molar-refractivity contribution >= 4 is 42.4 Å². The van der Waals surface area contributed by atoms with Gasteiger partial charge in [0.05, 0.1) is 21.2 Å². The Balaban J connectivity index is 1.46. The number of nitrogens with one attached hydrogen (secondary N) is 2. The highest BCUT2D eigenvalue weighted by molar-refractivity contribution is 6.91. The van der Waals surface area contributed by atoms with E-state index in [-0.39, 0.29) is 37.6 Å². The molecule has 8 nitrogen and oxygen atoms in total. The van der Waals surface area contributed by atoms with E-state index in [2.05, 4.69) is 48.0 Å². The number of quaternary nitrogens is 1. The fourth-order valence-electron chi connectivity index (χ4n) is 4.74. The molecule has 0 unspecified atom stereocenters. The minimum absolute atomic E-state index is 0.0501. The zero-order chi connectivity index (χ0) is 25.5. The molecule has 0 saturated carbocycles. The van der Waals surface area contributed by atoms with Crippen LogP contribution in [0.3, 0.4) is 0 Å². The molecule has 0 aliphatic carbocycles. The molecule has 1 fully saturated rings. The summed E-state index contributed by atoms with van der Waals surface area (Å²) >= 11 is 0. The summed E-state index contributed by atoms with van der Waals surface area (Å²) in [5, 5.41) is 28.8. The Kier molecular flexibility index (Phi) is 8.82. The van der Waals surface area contributed by atoms with Gasteiger partial charge in [-0.05, 0) is 49.1 Å².